The van der Waals surface area contributed by atoms with E-state index in [9.17, 15) is 14.0 Å². The van der Waals surface area contributed by atoms with Crippen molar-refractivity contribution in [3.63, 3.8) is 0 Å². The summed E-state index contributed by atoms with van der Waals surface area (Å²) in [5, 5.41) is 19.1. The maximum Gasteiger partial charge on any atom is 1.00 e. The van der Waals surface area contributed by atoms with Gasteiger partial charge in [0.15, 0.2) is 0 Å². The minimum Gasteiger partial charge on any atom is -0.468 e. The van der Waals surface area contributed by atoms with Gasteiger partial charge in [-0.2, -0.15) is 0 Å². The molecule has 0 radical (unpaired) electrons. The van der Waals surface area contributed by atoms with E-state index in [1.165, 1.54) is 0 Å². The third-order valence-electron chi connectivity index (χ3n) is 9.20. The molecule has 0 aliphatic carbocycles. The standard InChI is InChI=1S/C36H46FN9O3.K/c1-24(19-45-22-36(2,37)23-45)34(47)42-28-5-4-12-44(21-28)20-25-10-11-40-31(17-25)35(48)41-27-8-6-26(7-9-27)30-18-29(33(39-3)43-30)32(38)46-13-15-49-16-14-46;/h6-11,17-18,28H,1,4-5,12-16,19-23H2,2-3H3,(H5,38,39,40,41,42,43,47,48);/q;+1/p-1. The van der Waals surface area contributed by atoms with Crippen LogP contribution in [0.2, 0.25) is 0 Å². The molecule has 3 saturated heterocycles. The number of likely N-dealkylation sites (tertiary alicyclic amines) is 2. The number of nitrogens with one attached hydrogen (secondary N) is 4. The minimum absolute atomic E-state index is 0. The monoisotopic (exact) mass is 709 g/mol. The number of hydrogen-bond donors (Lipinski definition) is 4. The molecule has 3 aromatic rings. The van der Waals surface area contributed by atoms with E-state index < -0.39 is 5.67 Å². The van der Waals surface area contributed by atoms with Gasteiger partial charge in [0.05, 0.1) is 13.2 Å². The molecule has 14 heteroatoms. The van der Waals surface area contributed by atoms with E-state index in [1.54, 1.807) is 26.2 Å². The second-order valence-corrected chi connectivity index (χ2v) is 13.4. The number of carbonyl (C=O) groups is 2. The van der Waals surface area contributed by atoms with E-state index in [-0.39, 0.29) is 69.2 Å². The molecule has 0 bridgehead atoms. The van der Waals surface area contributed by atoms with Gasteiger partial charge in [0.2, 0.25) is 5.91 Å². The predicted molar refractivity (Wildman–Crippen MR) is 188 cm³/mol. The average molecular weight is 710 g/mol. The zero-order valence-corrected chi connectivity index (χ0v) is 32.4. The number of amidine groups is 1. The number of nitrogens with zero attached hydrogens (tertiary/aromatic N) is 5. The fraction of sp³-hybridized carbons (Fsp3) is 0.444. The van der Waals surface area contributed by atoms with E-state index in [4.69, 9.17) is 10.1 Å². The molecular formula is C36H45FKN9O3. The molecule has 6 rings (SSSR count). The number of alkyl halides is 1. The number of anilines is 1. The van der Waals surface area contributed by atoms with Crippen molar-refractivity contribution < 1.29 is 70.1 Å². The zero-order chi connectivity index (χ0) is 34.5. The van der Waals surface area contributed by atoms with Gasteiger partial charge in [-0.05, 0) is 73.5 Å². The maximum absolute atomic E-state index is 13.8. The molecule has 3 fully saturated rings. The van der Waals surface area contributed by atoms with Crippen LogP contribution < -0.4 is 62.0 Å². The number of amides is 2. The summed E-state index contributed by atoms with van der Waals surface area (Å²) in [6, 6.07) is 13.1. The first-order chi connectivity index (χ1) is 23.6. The van der Waals surface area contributed by atoms with Crippen molar-refractivity contribution in [1.82, 2.24) is 30.0 Å². The summed E-state index contributed by atoms with van der Waals surface area (Å²) in [5.41, 5.74) is 3.67. The van der Waals surface area contributed by atoms with Crippen LogP contribution in [0.15, 0.2) is 60.8 Å². The molecule has 1 aromatic carbocycles. The Hall–Kier alpha value is -2.95. The zero-order valence-electron chi connectivity index (χ0n) is 29.2. The fourth-order valence-electron chi connectivity index (χ4n) is 6.74. The number of morpholine rings is 1. The van der Waals surface area contributed by atoms with E-state index in [0.29, 0.717) is 87.6 Å². The number of aromatic amines is 1. The SMILES string of the molecule is C=C(CN1CC(C)(F)C1)C(=O)NC1CCCN(Cc2ccnc(C(=O)Nc3ccc(-c4cc(C(=N)N5CCOCC5)c([N-]C)[nH]4)cc3)c2)C1.[K+]. The largest absolute Gasteiger partial charge is 1.00 e. The molecule has 260 valence electrons. The first-order valence-electron chi connectivity index (χ1n) is 16.8. The number of aromatic nitrogens is 2. The molecule has 5 heterocycles. The third kappa shape index (κ3) is 9.67. The Bertz CT molecular complexity index is 1680. The summed E-state index contributed by atoms with van der Waals surface area (Å²) in [6.45, 7) is 11.3. The summed E-state index contributed by atoms with van der Waals surface area (Å²) in [5.74, 6) is 0.583. The van der Waals surface area contributed by atoms with Crippen LogP contribution in [0, 0.1) is 5.41 Å². The number of benzene rings is 1. The molecule has 1 unspecified atom stereocenters. The molecule has 12 nitrogen and oxygen atoms in total. The van der Waals surface area contributed by atoms with Crippen LogP contribution in [-0.2, 0) is 16.1 Å². The molecule has 2 aromatic heterocycles. The number of pyridine rings is 1. The van der Waals surface area contributed by atoms with Gasteiger partial charge in [0.1, 0.15) is 17.2 Å². The summed E-state index contributed by atoms with van der Waals surface area (Å²) in [6.07, 6.45) is 3.46. The van der Waals surface area contributed by atoms with Gasteiger partial charge in [-0.15, -0.1) is 0 Å². The maximum atomic E-state index is 13.8. The summed E-state index contributed by atoms with van der Waals surface area (Å²) in [4.78, 5) is 39.7. The smallest absolute Gasteiger partial charge is 0.468 e. The van der Waals surface area contributed by atoms with Crippen LogP contribution in [0.1, 0.15) is 41.4 Å². The van der Waals surface area contributed by atoms with Gasteiger partial charge in [-0.3, -0.25) is 29.8 Å². The van der Waals surface area contributed by atoms with Crippen molar-refractivity contribution in [3.05, 3.63) is 83.0 Å². The average Bonchev–Trinajstić information content (AvgIpc) is 3.53. The van der Waals surface area contributed by atoms with Crippen LogP contribution in [0.3, 0.4) is 0 Å². The predicted octanol–water partition coefficient (Wildman–Crippen LogP) is 1.31. The van der Waals surface area contributed by atoms with Crippen molar-refractivity contribution in [3.8, 4) is 11.3 Å². The molecule has 2 amide bonds. The Labute approximate surface area is 335 Å². The van der Waals surface area contributed by atoms with Crippen molar-refractivity contribution in [2.24, 2.45) is 0 Å². The van der Waals surface area contributed by atoms with Gasteiger partial charge >= 0.3 is 51.4 Å². The van der Waals surface area contributed by atoms with Crippen LogP contribution >= 0.6 is 0 Å². The third-order valence-corrected chi connectivity index (χ3v) is 9.20. The fourth-order valence-corrected chi connectivity index (χ4v) is 6.74. The molecule has 1 atom stereocenters. The quantitative estimate of drug-likeness (QED) is 0.102. The molecule has 4 N–H and O–H groups in total. The summed E-state index contributed by atoms with van der Waals surface area (Å²) >= 11 is 0. The van der Waals surface area contributed by atoms with Crippen LogP contribution in [-0.4, -0.2) is 120 Å². The van der Waals surface area contributed by atoms with Gasteiger partial charge in [0, 0.05) is 74.9 Å². The molecule has 0 spiro atoms. The molecule has 3 aliphatic rings. The second-order valence-electron chi connectivity index (χ2n) is 13.4. The van der Waals surface area contributed by atoms with Crippen LogP contribution in [0.5, 0.6) is 0 Å². The first kappa shape index (κ1) is 38.3. The number of piperidine rings is 1. The number of hydrogen-bond acceptors (Lipinski definition) is 7. The Morgan fingerprint density at radius 1 is 1.14 bits per heavy atom. The number of halogens is 1. The van der Waals surface area contributed by atoms with Crippen molar-refractivity contribution in [2.75, 3.05) is 71.4 Å². The summed E-state index contributed by atoms with van der Waals surface area (Å²) < 4.78 is 19.2. The van der Waals surface area contributed by atoms with Gasteiger partial charge < -0.3 is 30.6 Å². The topological polar surface area (TPSA) is 144 Å². The van der Waals surface area contributed by atoms with E-state index in [1.807, 2.05) is 46.2 Å². The van der Waals surface area contributed by atoms with Crippen LogP contribution in [0.4, 0.5) is 15.9 Å². The Morgan fingerprint density at radius 2 is 1.88 bits per heavy atom. The van der Waals surface area contributed by atoms with Crippen molar-refractivity contribution >= 4 is 29.2 Å². The Kier molecular flexibility index (Phi) is 13.0. The molecule has 50 heavy (non-hydrogen) atoms. The van der Waals surface area contributed by atoms with Gasteiger partial charge in [0.25, 0.3) is 5.91 Å². The van der Waals surface area contributed by atoms with Crippen molar-refractivity contribution in [2.45, 2.75) is 38.0 Å². The van der Waals surface area contributed by atoms with E-state index in [2.05, 4.69) is 37.4 Å². The van der Waals surface area contributed by atoms with Gasteiger partial charge in [-0.25, -0.2) is 4.39 Å². The normalized spacial score (nSPS) is 19.1. The molecule has 0 saturated carbocycles. The van der Waals surface area contributed by atoms with Gasteiger partial charge in [-0.1, -0.05) is 31.6 Å². The number of carbonyl (C=O) groups excluding carboxylic acids is 2. The molecule has 3 aliphatic heterocycles. The first-order valence-corrected chi connectivity index (χ1v) is 16.8. The Morgan fingerprint density at radius 3 is 2.58 bits per heavy atom. The minimum atomic E-state index is -1.18. The van der Waals surface area contributed by atoms with E-state index >= 15 is 0 Å². The number of rotatable bonds is 11. The van der Waals surface area contributed by atoms with E-state index in [0.717, 1.165) is 41.8 Å². The molecular weight excluding hydrogens is 665 g/mol. The van der Waals surface area contributed by atoms with Crippen molar-refractivity contribution in [1.29, 1.82) is 5.41 Å². The number of ether oxygens (including phenoxy) is 1. The number of H-pyrrole nitrogens is 1. The second kappa shape index (κ2) is 17.0. The Balaban J connectivity index is 0.00000486. The summed E-state index contributed by atoms with van der Waals surface area (Å²) in [7, 11) is 1.70. The van der Waals surface area contributed by atoms with Crippen LogP contribution in [0.25, 0.3) is 16.6 Å².